The Morgan fingerprint density at radius 3 is 2.41 bits per heavy atom. The summed E-state index contributed by atoms with van der Waals surface area (Å²) >= 11 is 0. The molecule has 12 heteroatoms. The Bertz CT molecular complexity index is 1560. The lowest BCUT2D eigenvalue weighted by molar-refractivity contribution is -0.138. The quantitative estimate of drug-likeness (QED) is 0.275. The average molecular weight is 621 g/mol. The van der Waals surface area contributed by atoms with Crippen molar-refractivity contribution < 1.29 is 55.9 Å². The van der Waals surface area contributed by atoms with Gasteiger partial charge in [0.25, 0.3) is 0 Å². The molecule has 2 atom stereocenters. The summed E-state index contributed by atoms with van der Waals surface area (Å²) in [5.74, 6) is -3.52. The van der Waals surface area contributed by atoms with Gasteiger partial charge in [0.05, 0.1) is 18.6 Å². The number of carboxylic acid groups (broad SMARTS) is 1. The Balaban J connectivity index is 1.29. The highest BCUT2D eigenvalue weighted by Gasteiger charge is 2.39. The van der Waals surface area contributed by atoms with Gasteiger partial charge in [-0.1, -0.05) is 12.1 Å². The van der Waals surface area contributed by atoms with Gasteiger partial charge in [-0.25, -0.2) is 8.78 Å². The van der Waals surface area contributed by atoms with E-state index in [-0.39, 0.29) is 68.1 Å². The molecule has 234 valence electrons. The first kappa shape index (κ1) is 30.1. The summed E-state index contributed by atoms with van der Waals surface area (Å²) in [6, 6.07) is 8.85. The molecule has 3 aromatic rings. The number of hydrogen-bond acceptors (Lipinski definition) is 6. The van der Waals surface area contributed by atoms with E-state index in [1.54, 1.807) is 18.2 Å². The van der Waals surface area contributed by atoms with Crippen LogP contribution < -0.4 is 14.2 Å². The fourth-order valence-corrected chi connectivity index (χ4v) is 6.17. The van der Waals surface area contributed by atoms with Crippen molar-refractivity contribution in [1.29, 1.82) is 0 Å². The largest absolute Gasteiger partial charge is 0.492 e. The number of alkyl halides is 3. The molecule has 1 fully saturated rings. The zero-order valence-electron chi connectivity index (χ0n) is 23.4. The number of carboxylic acids is 1. The summed E-state index contributed by atoms with van der Waals surface area (Å²) in [5, 5.41) is 19.7. The van der Waals surface area contributed by atoms with Crippen LogP contribution in [0.5, 0.6) is 17.2 Å². The second-order valence-electron chi connectivity index (χ2n) is 11.4. The number of aliphatic hydroxyl groups is 1. The second-order valence-corrected chi connectivity index (χ2v) is 11.4. The highest BCUT2D eigenvalue weighted by Crippen LogP contribution is 2.48. The number of benzene rings is 3. The second kappa shape index (κ2) is 11.6. The maximum absolute atomic E-state index is 15.2. The van der Waals surface area contributed by atoms with Crippen molar-refractivity contribution >= 4 is 5.97 Å². The predicted molar refractivity (Wildman–Crippen MR) is 146 cm³/mol. The van der Waals surface area contributed by atoms with Crippen LogP contribution in [0.4, 0.5) is 22.0 Å². The maximum atomic E-state index is 15.2. The number of rotatable bonds is 8. The zero-order valence-corrected chi connectivity index (χ0v) is 23.4. The van der Waals surface area contributed by atoms with Crippen LogP contribution in [0.2, 0.25) is 0 Å². The summed E-state index contributed by atoms with van der Waals surface area (Å²) < 4.78 is 95.3. The molecule has 1 saturated heterocycles. The number of fused-ring (bicyclic) bond motifs is 2. The van der Waals surface area contributed by atoms with Gasteiger partial charge in [-0.05, 0) is 59.4 Å². The minimum absolute atomic E-state index is 0.0839. The van der Waals surface area contributed by atoms with Gasteiger partial charge < -0.3 is 29.2 Å². The summed E-state index contributed by atoms with van der Waals surface area (Å²) in [4.78, 5) is 11.1. The normalized spacial score (nSPS) is 20.5. The molecule has 3 aliphatic rings. The SMILES string of the molecule is O=C(O)C[C@@H]1COc2cc(O[C@@H]3CCc4c3ccc(C(F)(F)F)c4-c3cc(F)c(OCC4(O)CCOCC4)c(F)c3)ccc21. The maximum Gasteiger partial charge on any atom is 0.417 e. The molecule has 0 radical (unpaired) electrons. The highest BCUT2D eigenvalue weighted by atomic mass is 19.4. The summed E-state index contributed by atoms with van der Waals surface area (Å²) in [5.41, 5.74) is -1.52. The fourth-order valence-electron chi connectivity index (χ4n) is 6.17. The molecule has 2 aliphatic heterocycles. The van der Waals surface area contributed by atoms with Crippen LogP contribution in [0.15, 0.2) is 42.5 Å². The van der Waals surface area contributed by atoms with Crippen LogP contribution in [0.3, 0.4) is 0 Å². The van der Waals surface area contributed by atoms with Gasteiger partial charge in [0.1, 0.15) is 29.8 Å². The molecule has 2 heterocycles. The lowest BCUT2D eigenvalue weighted by Gasteiger charge is -2.31. The summed E-state index contributed by atoms with van der Waals surface area (Å²) in [6.45, 7) is 0.349. The first-order chi connectivity index (χ1) is 20.9. The van der Waals surface area contributed by atoms with Gasteiger partial charge >= 0.3 is 12.1 Å². The standard InChI is InChI=1S/C32H29F5O7/c33-24-11-17(12-25(34)30(24)43-16-31(40)7-9-41-10-8-31)29-22-4-6-26(21(22)3-5-23(29)32(35,36)37)44-19-1-2-20-18(13-28(38)39)15-42-27(20)14-19/h1-3,5,11-12,14,18,26,40H,4,6-10,13,15-16H2,(H,38,39)/t18-,26-/m1/s1. The Morgan fingerprint density at radius 2 is 1.73 bits per heavy atom. The lowest BCUT2D eigenvalue weighted by Crippen LogP contribution is -2.41. The first-order valence-corrected chi connectivity index (χ1v) is 14.2. The van der Waals surface area contributed by atoms with Crippen molar-refractivity contribution in [3.8, 4) is 28.4 Å². The highest BCUT2D eigenvalue weighted by molar-refractivity contribution is 5.75. The van der Waals surface area contributed by atoms with Crippen molar-refractivity contribution in [2.24, 2.45) is 0 Å². The van der Waals surface area contributed by atoms with E-state index in [1.807, 2.05) is 0 Å². The molecular formula is C32H29F5O7. The molecule has 6 rings (SSSR count). The molecule has 0 bridgehead atoms. The van der Waals surface area contributed by atoms with Crippen LogP contribution in [-0.4, -0.2) is 48.2 Å². The fraction of sp³-hybridized carbons (Fsp3) is 0.406. The first-order valence-electron chi connectivity index (χ1n) is 14.2. The van der Waals surface area contributed by atoms with Gasteiger partial charge in [0.15, 0.2) is 17.4 Å². The summed E-state index contributed by atoms with van der Waals surface area (Å²) in [7, 11) is 0. The molecule has 0 saturated carbocycles. The molecule has 0 unspecified atom stereocenters. The third kappa shape index (κ3) is 5.92. The Kier molecular flexibility index (Phi) is 7.91. The molecule has 44 heavy (non-hydrogen) atoms. The zero-order chi connectivity index (χ0) is 31.2. The number of ether oxygens (including phenoxy) is 4. The van der Waals surface area contributed by atoms with Crippen LogP contribution in [0.1, 0.15) is 60.0 Å². The molecule has 0 aromatic heterocycles. The van der Waals surface area contributed by atoms with Crippen LogP contribution in [0, 0.1) is 11.6 Å². The van der Waals surface area contributed by atoms with E-state index in [0.717, 1.165) is 23.8 Å². The Labute approximate surface area is 249 Å². The van der Waals surface area contributed by atoms with E-state index in [0.29, 0.717) is 23.5 Å². The minimum Gasteiger partial charge on any atom is -0.492 e. The average Bonchev–Trinajstić information content (AvgIpc) is 3.55. The van der Waals surface area contributed by atoms with E-state index in [1.165, 1.54) is 6.07 Å². The van der Waals surface area contributed by atoms with Gasteiger partial charge in [0.2, 0.25) is 0 Å². The van der Waals surface area contributed by atoms with E-state index < -0.39 is 53.4 Å². The van der Waals surface area contributed by atoms with Crippen LogP contribution in [0.25, 0.3) is 11.1 Å². The van der Waals surface area contributed by atoms with Crippen molar-refractivity contribution in [3.05, 3.63) is 76.4 Å². The van der Waals surface area contributed by atoms with E-state index in [2.05, 4.69) is 0 Å². The smallest absolute Gasteiger partial charge is 0.417 e. The molecule has 7 nitrogen and oxygen atoms in total. The van der Waals surface area contributed by atoms with Crippen molar-refractivity contribution in [3.63, 3.8) is 0 Å². The number of aliphatic carboxylic acids is 1. The lowest BCUT2D eigenvalue weighted by atomic mass is 9.91. The molecule has 2 N–H and O–H groups in total. The van der Waals surface area contributed by atoms with Crippen molar-refractivity contribution in [2.75, 3.05) is 26.4 Å². The monoisotopic (exact) mass is 620 g/mol. The third-order valence-corrected chi connectivity index (χ3v) is 8.42. The van der Waals surface area contributed by atoms with E-state index in [9.17, 15) is 23.1 Å². The van der Waals surface area contributed by atoms with E-state index in [4.69, 9.17) is 24.1 Å². The van der Waals surface area contributed by atoms with Crippen molar-refractivity contribution in [1.82, 2.24) is 0 Å². The Morgan fingerprint density at radius 1 is 1.02 bits per heavy atom. The summed E-state index contributed by atoms with van der Waals surface area (Å²) in [6.07, 6.45) is -4.62. The number of hydrogen-bond donors (Lipinski definition) is 2. The topological polar surface area (TPSA) is 94.5 Å². The number of carbonyl (C=O) groups is 1. The van der Waals surface area contributed by atoms with Gasteiger partial charge in [0, 0.05) is 43.6 Å². The van der Waals surface area contributed by atoms with E-state index >= 15 is 8.78 Å². The van der Waals surface area contributed by atoms with Crippen LogP contribution >= 0.6 is 0 Å². The molecule has 1 aliphatic carbocycles. The Hall–Kier alpha value is -3.90. The predicted octanol–water partition coefficient (Wildman–Crippen LogP) is 6.59. The van der Waals surface area contributed by atoms with Gasteiger partial charge in [-0.3, -0.25) is 4.79 Å². The van der Waals surface area contributed by atoms with Crippen LogP contribution in [-0.2, 0) is 22.1 Å². The third-order valence-electron chi connectivity index (χ3n) is 8.42. The molecular weight excluding hydrogens is 591 g/mol. The molecule has 0 spiro atoms. The number of halogens is 5. The minimum atomic E-state index is -4.80. The van der Waals surface area contributed by atoms with Gasteiger partial charge in [-0.15, -0.1) is 0 Å². The molecule has 3 aromatic carbocycles. The molecule has 0 amide bonds. The van der Waals surface area contributed by atoms with Crippen molar-refractivity contribution in [2.45, 2.75) is 55.9 Å². The van der Waals surface area contributed by atoms with Gasteiger partial charge in [-0.2, -0.15) is 13.2 Å².